The van der Waals surface area contributed by atoms with Crippen LogP contribution in [0.5, 0.6) is 0 Å². The molecule has 0 amide bonds. The Balaban J connectivity index is 2.20. The van der Waals surface area contributed by atoms with Crippen molar-refractivity contribution in [2.75, 3.05) is 0 Å². The zero-order chi connectivity index (χ0) is 14.0. The Morgan fingerprint density at radius 1 is 1.00 bits per heavy atom. The van der Waals surface area contributed by atoms with E-state index >= 15 is 0 Å². The first kappa shape index (κ1) is 15.1. The first-order valence-electron chi connectivity index (χ1n) is 5.62. The molecular weight excluding hydrogens is 368 g/mol. The van der Waals surface area contributed by atoms with Crippen LogP contribution >= 0.6 is 50.7 Å². The Morgan fingerprint density at radius 3 is 2.37 bits per heavy atom. The van der Waals surface area contributed by atoms with Crippen LogP contribution in [0.1, 0.15) is 17.2 Å². The van der Waals surface area contributed by atoms with Crippen LogP contribution in [0.3, 0.4) is 0 Å². The molecule has 2 N–H and O–H groups in total. The fourth-order valence-corrected chi connectivity index (χ4v) is 2.78. The van der Waals surface area contributed by atoms with Gasteiger partial charge in [0.1, 0.15) is 0 Å². The lowest BCUT2D eigenvalue weighted by molar-refractivity contribution is 0.721. The quantitative estimate of drug-likeness (QED) is 0.732. The van der Waals surface area contributed by atoms with Gasteiger partial charge in [-0.2, -0.15) is 0 Å². The maximum Gasteiger partial charge on any atom is 0.0548 e. The van der Waals surface area contributed by atoms with Crippen molar-refractivity contribution in [1.29, 1.82) is 0 Å². The largest absolute Gasteiger partial charge is 0.324 e. The van der Waals surface area contributed by atoms with Gasteiger partial charge >= 0.3 is 0 Å². The van der Waals surface area contributed by atoms with E-state index in [1.165, 1.54) is 0 Å². The molecule has 0 aliphatic carbocycles. The third kappa shape index (κ3) is 3.87. The number of benzene rings is 2. The summed E-state index contributed by atoms with van der Waals surface area (Å²) in [5.41, 5.74) is 8.18. The van der Waals surface area contributed by atoms with Crippen molar-refractivity contribution in [1.82, 2.24) is 0 Å². The van der Waals surface area contributed by atoms with E-state index in [2.05, 4.69) is 15.9 Å². The molecule has 0 aromatic heterocycles. The lowest BCUT2D eigenvalue weighted by atomic mass is 10.00. The van der Waals surface area contributed by atoms with E-state index in [-0.39, 0.29) is 6.04 Å². The lowest BCUT2D eigenvalue weighted by Gasteiger charge is -2.14. The minimum Gasteiger partial charge on any atom is -0.324 e. The molecule has 0 spiro atoms. The molecule has 100 valence electrons. The number of hydrogen-bond acceptors (Lipinski definition) is 1. The van der Waals surface area contributed by atoms with Crippen LogP contribution in [0.15, 0.2) is 40.9 Å². The fourth-order valence-electron chi connectivity index (χ4n) is 1.79. The zero-order valence-electron chi connectivity index (χ0n) is 9.84. The Hall–Kier alpha value is -0.250. The van der Waals surface area contributed by atoms with E-state index in [1.54, 1.807) is 6.07 Å². The summed E-state index contributed by atoms with van der Waals surface area (Å²) >= 11 is 21.4. The third-order valence-electron chi connectivity index (χ3n) is 2.83. The van der Waals surface area contributed by atoms with Gasteiger partial charge in [0.05, 0.1) is 5.02 Å². The van der Waals surface area contributed by atoms with Gasteiger partial charge in [-0.15, -0.1) is 0 Å². The van der Waals surface area contributed by atoms with Crippen LogP contribution in [0.4, 0.5) is 0 Å². The zero-order valence-corrected chi connectivity index (χ0v) is 13.7. The molecule has 0 saturated heterocycles. The number of nitrogens with two attached hydrogens (primary N) is 1. The highest BCUT2D eigenvalue weighted by molar-refractivity contribution is 9.10. The third-order valence-corrected chi connectivity index (χ3v) is 4.63. The van der Waals surface area contributed by atoms with Crippen molar-refractivity contribution < 1.29 is 0 Å². The Bertz CT molecular complexity index is 601. The summed E-state index contributed by atoms with van der Waals surface area (Å²) in [4.78, 5) is 0. The van der Waals surface area contributed by atoms with Gasteiger partial charge in [-0.3, -0.25) is 0 Å². The van der Waals surface area contributed by atoms with Gasteiger partial charge in [-0.25, -0.2) is 0 Å². The van der Waals surface area contributed by atoms with Crippen LogP contribution in [0.25, 0.3) is 0 Å². The predicted octanol–water partition coefficient (Wildman–Crippen LogP) is 5.65. The smallest absolute Gasteiger partial charge is 0.0548 e. The molecule has 0 bridgehead atoms. The highest BCUT2D eigenvalue weighted by atomic mass is 79.9. The average Bonchev–Trinajstić information content (AvgIpc) is 2.36. The minimum absolute atomic E-state index is 0.146. The van der Waals surface area contributed by atoms with Crippen molar-refractivity contribution in [3.05, 3.63) is 67.1 Å². The van der Waals surface area contributed by atoms with Crippen LogP contribution < -0.4 is 5.73 Å². The second-order valence-electron chi connectivity index (χ2n) is 4.22. The van der Waals surface area contributed by atoms with Gasteiger partial charge in [0.2, 0.25) is 0 Å². The SMILES string of the molecule is NC(Cc1ccc(Cl)cc1Cl)c1ccc(Cl)c(Br)c1. The van der Waals surface area contributed by atoms with Crippen LogP contribution in [-0.4, -0.2) is 0 Å². The predicted molar refractivity (Wildman–Crippen MR) is 86.2 cm³/mol. The normalized spacial score (nSPS) is 12.5. The monoisotopic (exact) mass is 377 g/mol. The highest BCUT2D eigenvalue weighted by Crippen LogP contribution is 2.29. The van der Waals surface area contributed by atoms with E-state index in [0.29, 0.717) is 21.5 Å². The maximum atomic E-state index is 6.20. The summed E-state index contributed by atoms with van der Waals surface area (Å²) in [7, 11) is 0. The standard InChI is InChI=1S/C14H11BrCl3N/c15-11-5-9(2-4-12(11)17)14(19)6-8-1-3-10(16)7-13(8)18/h1-5,7,14H,6,19H2. The molecular formula is C14H11BrCl3N. The first-order chi connectivity index (χ1) is 8.97. The van der Waals surface area contributed by atoms with Crippen LogP contribution in [-0.2, 0) is 6.42 Å². The molecule has 2 rings (SSSR count). The van der Waals surface area contributed by atoms with Crippen molar-refractivity contribution in [2.45, 2.75) is 12.5 Å². The summed E-state index contributed by atoms with van der Waals surface area (Å²) in [6.45, 7) is 0. The molecule has 0 heterocycles. The molecule has 0 saturated carbocycles. The molecule has 1 unspecified atom stereocenters. The van der Waals surface area contributed by atoms with Crippen LogP contribution in [0, 0.1) is 0 Å². The average molecular weight is 380 g/mol. The maximum absolute atomic E-state index is 6.20. The molecule has 2 aromatic rings. The Kier molecular flexibility index (Phi) is 5.15. The van der Waals surface area contributed by atoms with Gasteiger partial charge < -0.3 is 5.73 Å². The summed E-state index contributed by atoms with van der Waals surface area (Å²) in [6.07, 6.45) is 0.643. The number of rotatable bonds is 3. The summed E-state index contributed by atoms with van der Waals surface area (Å²) in [5.74, 6) is 0. The van der Waals surface area contributed by atoms with E-state index in [0.717, 1.165) is 15.6 Å². The van der Waals surface area contributed by atoms with E-state index in [1.807, 2.05) is 30.3 Å². The van der Waals surface area contributed by atoms with E-state index < -0.39 is 0 Å². The van der Waals surface area contributed by atoms with Crippen LogP contribution in [0.2, 0.25) is 15.1 Å². The molecule has 1 nitrogen and oxygen atoms in total. The van der Waals surface area contributed by atoms with Crippen molar-refractivity contribution in [3.8, 4) is 0 Å². The Labute approximate surface area is 135 Å². The Morgan fingerprint density at radius 2 is 1.74 bits per heavy atom. The molecule has 0 aliphatic rings. The number of hydrogen-bond donors (Lipinski definition) is 1. The molecule has 1 atom stereocenters. The molecule has 0 aliphatic heterocycles. The topological polar surface area (TPSA) is 26.0 Å². The first-order valence-corrected chi connectivity index (χ1v) is 7.54. The molecule has 5 heteroatoms. The summed E-state index contributed by atoms with van der Waals surface area (Å²) in [5, 5.41) is 1.92. The molecule has 0 radical (unpaired) electrons. The second kappa shape index (κ2) is 6.47. The van der Waals surface area contributed by atoms with E-state index in [4.69, 9.17) is 40.5 Å². The molecule has 2 aromatic carbocycles. The molecule has 0 fully saturated rings. The van der Waals surface area contributed by atoms with Crippen molar-refractivity contribution in [3.63, 3.8) is 0 Å². The molecule has 19 heavy (non-hydrogen) atoms. The fraction of sp³-hybridized carbons (Fsp3) is 0.143. The summed E-state index contributed by atoms with van der Waals surface area (Å²) < 4.78 is 0.837. The lowest BCUT2D eigenvalue weighted by Crippen LogP contribution is -2.13. The summed E-state index contributed by atoms with van der Waals surface area (Å²) in [6, 6.07) is 11.0. The highest BCUT2D eigenvalue weighted by Gasteiger charge is 2.11. The van der Waals surface area contributed by atoms with Gasteiger partial charge in [-0.05, 0) is 57.7 Å². The van der Waals surface area contributed by atoms with Gasteiger partial charge in [-0.1, -0.05) is 46.9 Å². The number of halogens is 4. The van der Waals surface area contributed by atoms with E-state index in [9.17, 15) is 0 Å². The van der Waals surface area contributed by atoms with Gasteiger partial charge in [0, 0.05) is 20.6 Å². The van der Waals surface area contributed by atoms with Crippen molar-refractivity contribution >= 4 is 50.7 Å². The van der Waals surface area contributed by atoms with Crippen molar-refractivity contribution in [2.24, 2.45) is 5.73 Å². The van der Waals surface area contributed by atoms with Gasteiger partial charge in [0.15, 0.2) is 0 Å². The second-order valence-corrected chi connectivity index (χ2v) is 6.33. The minimum atomic E-state index is -0.146. The van der Waals surface area contributed by atoms with Gasteiger partial charge in [0.25, 0.3) is 0 Å².